The van der Waals surface area contributed by atoms with Crippen molar-refractivity contribution < 1.29 is 22.4 Å². The van der Waals surface area contributed by atoms with Gasteiger partial charge >= 0.3 is 6.18 Å². The van der Waals surface area contributed by atoms with Crippen LogP contribution in [0.5, 0.6) is 0 Å². The van der Waals surface area contributed by atoms with E-state index in [1.807, 2.05) is 37.2 Å². The van der Waals surface area contributed by atoms with E-state index >= 15 is 0 Å². The lowest BCUT2D eigenvalue weighted by atomic mass is 9.92. The van der Waals surface area contributed by atoms with Crippen LogP contribution in [-0.4, -0.2) is 15.3 Å². The Morgan fingerprint density at radius 3 is 2.39 bits per heavy atom. The molecule has 0 radical (unpaired) electrons. The molecule has 1 aromatic heterocycles. The first-order chi connectivity index (χ1) is 12.9. The van der Waals surface area contributed by atoms with E-state index in [2.05, 4.69) is 4.99 Å². The SMILES string of the molecule is Cn1c(C(C)(C)C)cc(=NC(=O)c2cccc(C(F)(F)F)c2F)n1CC1CC1. The third-order valence-electron chi connectivity index (χ3n) is 4.89. The van der Waals surface area contributed by atoms with Crippen molar-refractivity contribution in [1.29, 1.82) is 0 Å². The van der Waals surface area contributed by atoms with Crippen LogP contribution in [-0.2, 0) is 25.2 Å². The number of alkyl halides is 3. The van der Waals surface area contributed by atoms with Gasteiger partial charge in [0.05, 0.1) is 11.1 Å². The number of hydrogen-bond acceptors (Lipinski definition) is 1. The minimum atomic E-state index is -4.88. The van der Waals surface area contributed by atoms with Gasteiger partial charge in [0.15, 0.2) is 5.49 Å². The summed E-state index contributed by atoms with van der Waals surface area (Å²) in [5.74, 6) is -2.13. The van der Waals surface area contributed by atoms with Crippen LogP contribution < -0.4 is 5.49 Å². The molecule has 0 unspecified atom stereocenters. The van der Waals surface area contributed by atoms with E-state index in [1.54, 1.807) is 6.07 Å². The number of aromatic nitrogens is 2. The standard InChI is InChI=1S/C20H23F4N3O/c1-19(2,3)15-10-16(27(26(15)4)11-12-8-9-12)25-18(28)13-6-5-7-14(17(13)21)20(22,23)24/h5-7,10,12H,8-9,11H2,1-4H3. The highest BCUT2D eigenvalue weighted by Gasteiger charge is 2.35. The summed E-state index contributed by atoms with van der Waals surface area (Å²) in [5.41, 5.74) is -1.14. The Bertz CT molecular complexity index is 973. The van der Waals surface area contributed by atoms with E-state index in [0.717, 1.165) is 30.7 Å². The molecule has 0 spiro atoms. The monoisotopic (exact) mass is 397 g/mol. The number of carbonyl (C=O) groups is 1. The van der Waals surface area contributed by atoms with E-state index in [4.69, 9.17) is 0 Å². The largest absolute Gasteiger partial charge is 0.419 e. The number of carbonyl (C=O) groups excluding carboxylic acids is 1. The average molecular weight is 397 g/mol. The maximum absolute atomic E-state index is 14.3. The van der Waals surface area contributed by atoms with Gasteiger partial charge in [-0.2, -0.15) is 18.2 Å². The molecule has 152 valence electrons. The Hall–Kier alpha value is -2.38. The first-order valence-electron chi connectivity index (χ1n) is 9.11. The van der Waals surface area contributed by atoms with Gasteiger partial charge in [0.25, 0.3) is 5.91 Å². The van der Waals surface area contributed by atoms with Crippen LogP contribution in [0.15, 0.2) is 29.3 Å². The third-order valence-corrected chi connectivity index (χ3v) is 4.89. The van der Waals surface area contributed by atoms with Crippen molar-refractivity contribution in [3.05, 3.63) is 52.4 Å². The minimum absolute atomic E-state index is 0.224. The van der Waals surface area contributed by atoms with Crippen molar-refractivity contribution >= 4 is 5.91 Å². The summed E-state index contributed by atoms with van der Waals surface area (Å²) in [6.45, 7) is 6.70. The predicted molar refractivity (Wildman–Crippen MR) is 96.1 cm³/mol. The summed E-state index contributed by atoms with van der Waals surface area (Å²) in [7, 11) is 1.86. The lowest BCUT2D eigenvalue weighted by Gasteiger charge is -2.20. The van der Waals surface area contributed by atoms with Crippen LogP contribution in [0.4, 0.5) is 17.6 Å². The van der Waals surface area contributed by atoms with E-state index in [0.29, 0.717) is 24.0 Å². The molecule has 1 aliphatic rings. The first-order valence-corrected chi connectivity index (χ1v) is 9.11. The lowest BCUT2D eigenvalue weighted by Crippen LogP contribution is -2.26. The van der Waals surface area contributed by atoms with Crippen LogP contribution >= 0.6 is 0 Å². The molecule has 1 aromatic carbocycles. The first kappa shape index (κ1) is 20.4. The average Bonchev–Trinajstić information content (AvgIpc) is 3.32. The van der Waals surface area contributed by atoms with Crippen molar-refractivity contribution in [2.45, 2.75) is 51.7 Å². The Balaban J connectivity index is 2.10. The van der Waals surface area contributed by atoms with Crippen LogP contribution in [0, 0.1) is 11.7 Å². The second-order valence-electron chi connectivity index (χ2n) is 8.27. The summed E-state index contributed by atoms with van der Waals surface area (Å²) in [5, 5.41) is 0. The van der Waals surface area contributed by atoms with Crippen LogP contribution in [0.2, 0.25) is 0 Å². The number of nitrogens with zero attached hydrogens (tertiary/aromatic N) is 3. The Labute approximate surface area is 160 Å². The topological polar surface area (TPSA) is 39.3 Å². The van der Waals surface area contributed by atoms with Gasteiger partial charge < -0.3 is 0 Å². The smallest absolute Gasteiger partial charge is 0.291 e. The molecule has 1 saturated carbocycles. The molecule has 2 aromatic rings. The minimum Gasteiger partial charge on any atom is -0.291 e. The highest BCUT2D eigenvalue weighted by molar-refractivity contribution is 5.95. The zero-order valence-electron chi connectivity index (χ0n) is 16.3. The predicted octanol–water partition coefficient (Wildman–Crippen LogP) is 4.43. The Morgan fingerprint density at radius 2 is 1.86 bits per heavy atom. The van der Waals surface area contributed by atoms with Gasteiger partial charge in [0.1, 0.15) is 5.82 Å². The summed E-state index contributed by atoms with van der Waals surface area (Å²) >= 11 is 0. The summed E-state index contributed by atoms with van der Waals surface area (Å²) in [4.78, 5) is 16.5. The van der Waals surface area contributed by atoms with E-state index in [9.17, 15) is 22.4 Å². The zero-order chi connectivity index (χ0) is 20.9. The Kier molecular flexibility index (Phi) is 5.02. The van der Waals surface area contributed by atoms with Crippen LogP contribution in [0.1, 0.15) is 55.2 Å². The van der Waals surface area contributed by atoms with E-state index < -0.39 is 29.0 Å². The second kappa shape index (κ2) is 6.90. The molecule has 4 nitrogen and oxygen atoms in total. The lowest BCUT2D eigenvalue weighted by molar-refractivity contribution is -0.140. The molecule has 0 bridgehead atoms. The van der Waals surface area contributed by atoms with Gasteiger partial charge in [-0.3, -0.25) is 14.2 Å². The molecule has 1 fully saturated rings. The summed E-state index contributed by atoms with van der Waals surface area (Å²) < 4.78 is 56.8. The fraction of sp³-hybridized carbons (Fsp3) is 0.500. The van der Waals surface area contributed by atoms with Crippen molar-refractivity contribution in [3.63, 3.8) is 0 Å². The number of hydrogen-bond donors (Lipinski definition) is 0. The fourth-order valence-electron chi connectivity index (χ4n) is 3.21. The number of benzene rings is 1. The van der Waals surface area contributed by atoms with Gasteiger partial charge in [0, 0.05) is 30.8 Å². The molecular formula is C20H23F4N3O. The molecule has 0 atom stereocenters. The number of halogens is 4. The Morgan fingerprint density at radius 1 is 1.21 bits per heavy atom. The molecule has 1 aliphatic carbocycles. The molecule has 28 heavy (non-hydrogen) atoms. The van der Waals surface area contributed by atoms with Crippen LogP contribution in [0.25, 0.3) is 0 Å². The molecule has 0 aliphatic heterocycles. The highest BCUT2D eigenvalue weighted by Crippen LogP contribution is 2.33. The molecule has 0 N–H and O–H groups in total. The van der Waals surface area contributed by atoms with Crippen molar-refractivity contribution in [1.82, 2.24) is 9.36 Å². The maximum Gasteiger partial charge on any atom is 0.419 e. The maximum atomic E-state index is 14.3. The molecular weight excluding hydrogens is 374 g/mol. The van der Waals surface area contributed by atoms with Crippen LogP contribution in [0.3, 0.4) is 0 Å². The van der Waals surface area contributed by atoms with Gasteiger partial charge in [0.2, 0.25) is 0 Å². The molecule has 8 heteroatoms. The third kappa shape index (κ3) is 4.05. The van der Waals surface area contributed by atoms with E-state index in [-0.39, 0.29) is 5.41 Å². The number of rotatable bonds is 3. The molecule has 0 saturated heterocycles. The van der Waals surface area contributed by atoms with Gasteiger partial charge in [-0.1, -0.05) is 26.8 Å². The van der Waals surface area contributed by atoms with Gasteiger partial charge in [-0.05, 0) is 30.9 Å². The number of amides is 1. The van der Waals surface area contributed by atoms with Crippen molar-refractivity contribution in [3.8, 4) is 0 Å². The highest BCUT2D eigenvalue weighted by atomic mass is 19.4. The quantitative estimate of drug-likeness (QED) is 0.706. The molecule has 3 rings (SSSR count). The molecule has 1 amide bonds. The summed E-state index contributed by atoms with van der Waals surface area (Å²) in [6, 6.07) is 4.39. The normalized spacial score (nSPS) is 15.9. The van der Waals surface area contributed by atoms with Crippen molar-refractivity contribution in [2.24, 2.45) is 18.0 Å². The van der Waals surface area contributed by atoms with Gasteiger partial charge in [-0.15, -0.1) is 0 Å². The molecule has 1 heterocycles. The van der Waals surface area contributed by atoms with Gasteiger partial charge in [-0.25, -0.2) is 4.39 Å². The summed E-state index contributed by atoms with van der Waals surface area (Å²) in [6.07, 6.45) is -2.71. The van der Waals surface area contributed by atoms with E-state index in [1.165, 1.54) is 0 Å². The zero-order valence-corrected chi connectivity index (χ0v) is 16.3. The fourth-order valence-corrected chi connectivity index (χ4v) is 3.21. The second-order valence-corrected chi connectivity index (χ2v) is 8.27. The van der Waals surface area contributed by atoms with Crippen molar-refractivity contribution in [2.75, 3.05) is 0 Å².